The van der Waals surface area contributed by atoms with Crippen molar-refractivity contribution >= 4 is 67.1 Å². The smallest absolute Gasteiger partial charge is 0.0462 e. The minimum atomic E-state index is 1.10. The molecule has 0 spiro atoms. The molecule has 0 amide bonds. The van der Waals surface area contributed by atoms with Crippen LogP contribution in [0.3, 0.4) is 0 Å². The van der Waals surface area contributed by atoms with Crippen LogP contribution in [0, 0.1) is 0 Å². The van der Waals surface area contributed by atoms with E-state index in [1.54, 1.807) is 0 Å². The molecule has 1 nitrogen and oxygen atoms in total. The van der Waals surface area contributed by atoms with Crippen LogP contribution in [-0.2, 0) is 0 Å². The molecule has 318 valence electrons. The third-order valence-corrected chi connectivity index (χ3v) is 13.3. The van der Waals surface area contributed by atoms with E-state index < -0.39 is 0 Å². The van der Waals surface area contributed by atoms with Crippen molar-refractivity contribution in [3.8, 4) is 44.5 Å². The Kier molecular flexibility index (Phi) is 11.2. The van der Waals surface area contributed by atoms with Crippen LogP contribution in [0.5, 0.6) is 0 Å². The number of rotatable bonds is 10. The Hall–Kier alpha value is -8.52. The van der Waals surface area contributed by atoms with E-state index in [4.69, 9.17) is 0 Å². The van der Waals surface area contributed by atoms with Gasteiger partial charge in [0.05, 0.1) is 0 Å². The Balaban J connectivity index is 0.990. The highest BCUT2D eigenvalue weighted by atomic mass is 15.1. The molecule has 67 heavy (non-hydrogen) atoms. The number of anilines is 3. The SMILES string of the molecule is CC=C(C)c1ccc(N(c2ccc(-c3ccccc3)cc2)c2ccc(-c3c4ccccc4c(-c4ccc(C=Cc5ccc(-c6ccccc6)cc5)c5ccccc45)c4ccccc34)cc2)cc1. The van der Waals surface area contributed by atoms with Gasteiger partial charge in [-0.2, -0.15) is 0 Å². The number of hydrogen-bond donors (Lipinski definition) is 0. The zero-order chi connectivity index (χ0) is 45.1. The first-order valence-electron chi connectivity index (χ1n) is 23.2. The van der Waals surface area contributed by atoms with Gasteiger partial charge in [0.1, 0.15) is 0 Å². The average Bonchev–Trinajstić information content (AvgIpc) is 3.41. The van der Waals surface area contributed by atoms with Crippen LogP contribution in [-0.4, -0.2) is 0 Å². The topological polar surface area (TPSA) is 3.24 Å². The Labute approximate surface area is 393 Å². The maximum Gasteiger partial charge on any atom is 0.0462 e. The standard InChI is InChI=1S/C66H49N/c1-3-46(2)48-32-39-55(40-33-48)67(56-41-34-52(35-42-56)50-18-8-5-9-19-50)57-43-36-54(37-44-57)65-60-22-12-14-24-62(60)66(63-25-15-13-23-61(63)65)64-45-38-53(58-20-10-11-21-59(58)64)31-28-47-26-29-51(30-27-47)49-16-6-4-7-17-49/h3-45H,1-2H3. The molecule has 0 aliphatic heterocycles. The summed E-state index contributed by atoms with van der Waals surface area (Å²) in [4.78, 5) is 2.36. The van der Waals surface area contributed by atoms with E-state index in [1.807, 2.05) is 0 Å². The van der Waals surface area contributed by atoms with Gasteiger partial charge in [-0.25, -0.2) is 0 Å². The highest BCUT2D eigenvalue weighted by Crippen LogP contribution is 2.46. The first-order valence-corrected chi connectivity index (χ1v) is 23.2. The molecule has 11 rings (SSSR count). The Morgan fingerprint density at radius 3 is 1.24 bits per heavy atom. The molecule has 0 unspecified atom stereocenters. The minimum Gasteiger partial charge on any atom is -0.311 e. The molecule has 0 aliphatic rings. The van der Waals surface area contributed by atoms with Crippen molar-refractivity contribution in [1.29, 1.82) is 0 Å². The lowest BCUT2D eigenvalue weighted by Gasteiger charge is -2.26. The molecule has 0 aliphatic carbocycles. The molecule has 1 heteroatoms. The molecule has 0 bridgehead atoms. The summed E-state index contributed by atoms with van der Waals surface area (Å²) in [7, 11) is 0. The van der Waals surface area contributed by atoms with Crippen LogP contribution < -0.4 is 4.90 Å². The van der Waals surface area contributed by atoms with Crippen LogP contribution in [0.2, 0.25) is 0 Å². The fraction of sp³-hybridized carbons (Fsp3) is 0.0303. The second-order valence-electron chi connectivity index (χ2n) is 17.2. The quantitative estimate of drug-likeness (QED) is 0.0978. The second-order valence-corrected chi connectivity index (χ2v) is 17.2. The summed E-state index contributed by atoms with van der Waals surface area (Å²) in [5.41, 5.74) is 18.0. The van der Waals surface area contributed by atoms with Gasteiger partial charge in [-0.15, -0.1) is 0 Å². The molecule has 0 saturated heterocycles. The summed E-state index contributed by atoms with van der Waals surface area (Å²) in [5.74, 6) is 0. The molecule has 11 aromatic rings. The minimum absolute atomic E-state index is 1.10. The molecule has 0 fully saturated rings. The molecule has 0 radical (unpaired) electrons. The van der Waals surface area contributed by atoms with E-state index in [0.29, 0.717) is 0 Å². The number of hydrogen-bond acceptors (Lipinski definition) is 1. The fourth-order valence-electron chi connectivity index (χ4n) is 9.72. The maximum atomic E-state index is 2.36. The molecule has 0 aromatic heterocycles. The third-order valence-electron chi connectivity index (χ3n) is 13.3. The van der Waals surface area contributed by atoms with Gasteiger partial charge in [-0.05, 0) is 149 Å². The summed E-state index contributed by atoms with van der Waals surface area (Å²) >= 11 is 0. The number of allylic oxidation sites excluding steroid dienone is 2. The van der Waals surface area contributed by atoms with Crippen molar-refractivity contribution in [3.63, 3.8) is 0 Å². The van der Waals surface area contributed by atoms with Crippen molar-refractivity contribution in [2.75, 3.05) is 4.90 Å². The van der Waals surface area contributed by atoms with Crippen LogP contribution in [0.1, 0.15) is 30.5 Å². The van der Waals surface area contributed by atoms with E-state index in [1.165, 1.54) is 99.1 Å². The van der Waals surface area contributed by atoms with Crippen LogP contribution in [0.25, 0.3) is 94.6 Å². The summed E-state index contributed by atoms with van der Waals surface area (Å²) in [6.45, 7) is 4.26. The van der Waals surface area contributed by atoms with Gasteiger partial charge >= 0.3 is 0 Å². The summed E-state index contributed by atoms with van der Waals surface area (Å²) in [6, 6.07) is 88.4. The van der Waals surface area contributed by atoms with E-state index in [9.17, 15) is 0 Å². The van der Waals surface area contributed by atoms with Crippen molar-refractivity contribution < 1.29 is 0 Å². The lowest BCUT2D eigenvalue weighted by Crippen LogP contribution is -2.10. The van der Waals surface area contributed by atoms with Crippen LogP contribution in [0.4, 0.5) is 17.1 Å². The molecule has 0 heterocycles. The molecular weight excluding hydrogens is 807 g/mol. The predicted octanol–water partition coefficient (Wildman–Crippen LogP) is 18.9. The molecule has 0 saturated carbocycles. The van der Waals surface area contributed by atoms with E-state index in [2.05, 4.69) is 280 Å². The summed E-state index contributed by atoms with van der Waals surface area (Å²) < 4.78 is 0. The van der Waals surface area contributed by atoms with E-state index in [-0.39, 0.29) is 0 Å². The Bertz CT molecular complexity index is 3530. The zero-order valence-corrected chi connectivity index (χ0v) is 37.8. The van der Waals surface area contributed by atoms with Gasteiger partial charge in [0, 0.05) is 17.1 Å². The first-order chi connectivity index (χ1) is 33.1. The largest absolute Gasteiger partial charge is 0.311 e. The van der Waals surface area contributed by atoms with Gasteiger partial charge in [-0.1, -0.05) is 224 Å². The van der Waals surface area contributed by atoms with Gasteiger partial charge in [-0.3, -0.25) is 0 Å². The van der Waals surface area contributed by atoms with Gasteiger partial charge in [0.15, 0.2) is 0 Å². The van der Waals surface area contributed by atoms with E-state index >= 15 is 0 Å². The second kappa shape index (κ2) is 18.2. The fourth-order valence-corrected chi connectivity index (χ4v) is 9.72. The Morgan fingerprint density at radius 2 is 0.731 bits per heavy atom. The van der Waals surface area contributed by atoms with Crippen LogP contribution >= 0.6 is 0 Å². The average molecular weight is 856 g/mol. The van der Waals surface area contributed by atoms with Crippen LogP contribution in [0.15, 0.2) is 249 Å². The van der Waals surface area contributed by atoms with Crippen molar-refractivity contribution in [2.45, 2.75) is 13.8 Å². The highest BCUT2D eigenvalue weighted by molar-refractivity contribution is 6.24. The molecule has 11 aromatic carbocycles. The summed E-state index contributed by atoms with van der Waals surface area (Å²) in [6.07, 6.45) is 6.65. The van der Waals surface area contributed by atoms with Crippen molar-refractivity contribution in [1.82, 2.24) is 0 Å². The van der Waals surface area contributed by atoms with Crippen molar-refractivity contribution in [2.24, 2.45) is 0 Å². The number of nitrogens with zero attached hydrogens (tertiary/aromatic N) is 1. The van der Waals surface area contributed by atoms with Gasteiger partial charge < -0.3 is 4.90 Å². The monoisotopic (exact) mass is 855 g/mol. The molecule has 0 N–H and O–H groups in total. The van der Waals surface area contributed by atoms with E-state index in [0.717, 1.165) is 17.1 Å². The Morgan fingerprint density at radius 1 is 0.328 bits per heavy atom. The van der Waals surface area contributed by atoms with Gasteiger partial charge in [0.2, 0.25) is 0 Å². The lowest BCUT2D eigenvalue weighted by molar-refractivity contribution is 1.28. The maximum absolute atomic E-state index is 2.36. The highest BCUT2D eigenvalue weighted by Gasteiger charge is 2.20. The normalized spacial score (nSPS) is 11.8. The third kappa shape index (κ3) is 8.03. The molecule has 0 atom stereocenters. The lowest BCUT2D eigenvalue weighted by atomic mass is 9.84. The van der Waals surface area contributed by atoms with Crippen molar-refractivity contribution in [3.05, 3.63) is 265 Å². The molecular formula is C66H49N. The first kappa shape index (κ1) is 41.2. The number of benzene rings is 11. The predicted molar refractivity (Wildman–Crippen MR) is 290 cm³/mol. The van der Waals surface area contributed by atoms with Gasteiger partial charge in [0.25, 0.3) is 0 Å². The summed E-state index contributed by atoms with van der Waals surface area (Å²) in [5, 5.41) is 7.42. The zero-order valence-electron chi connectivity index (χ0n) is 37.8. The number of fused-ring (bicyclic) bond motifs is 3.